The second-order valence-electron chi connectivity index (χ2n) is 5.29. The molecule has 0 bridgehead atoms. The van der Waals surface area contributed by atoms with E-state index in [1.807, 2.05) is 0 Å². The zero-order valence-electron chi connectivity index (χ0n) is 12.2. The SMILES string of the molecule is CCCC(C#N)N1CCN(c2ncnc3sccc23)CC1. The van der Waals surface area contributed by atoms with Crippen LogP contribution in [0.15, 0.2) is 17.8 Å². The van der Waals surface area contributed by atoms with Gasteiger partial charge in [0.2, 0.25) is 0 Å². The molecule has 0 radical (unpaired) electrons. The summed E-state index contributed by atoms with van der Waals surface area (Å²) >= 11 is 1.65. The molecule has 0 aromatic carbocycles. The van der Waals surface area contributed by atoms with E-state index in [1.54, 1.807) is 17.7 Å². The number of piperazine rings is 1. The first-order chi connectivity index (χ1) is 10.3. The van der Waals surface area contributed by atoms with Crippen molar-refractivity contribution in [3.63, 3.8) is 0 Å². The number of anilines is 1. The van der Waals surface area contributed by atoms with E-state index in [1.165, 1.54) is 0 Å². The van der Waals surface area contributed by atoms with Crippen LogP contribution in [-0.2, 0) is 0 Å². The minimum Gasteiger partial charge on any atom is -0.353 e. The molecular weight excluding hydrogens is 282 g/mol. The Morgan fingerprint density at radius 3 is 2.86 bits per heavy atom. The second kappa shape index (κ2) is 6.37. The number of hydrogen-bond donors (Lipinski definition) is 0. The van der Waals surface area contributed by atoms with Gasteiger partial charge in [-0.25, -0.2) is 9.97 Å². The summed E-state index contributed by atoms with van der Waals surface area (Å²) in [5.74, 6) is 1.03. The standard InChI is InChI=1S/C15H19N5S/c1-2-3-12(10-16)19-5-7-20(8-6-19)14-13-4-9-21-15(13)18-11-17-14/h4,9,11-12H,2-3,5-8H2,1H3. The average Bonchev–Trinajstić information content (AvgIpc) is 3.01. The van der Waals surface area contributed by atoms with Crippen molar-refractivity contribution in [2.75, 3.05) is 31.1 Å². The highest BCUT2D eigenvalue weighted by Crippen LogP contribution is 2.27. The molecule has 0 saturated carbocycles. The first-order valence-electron chi connectivity index (χ1n) is 7.40. The monoisotopic (exact) mass is 301 g/mol. The van der Waals surface area contributed by atoms with Crippen molar-refractivity contribution < 1.29 is 0 Å². The summed E-state index contributed by atoms with van der Waals surface area (Å²) in [7, 11) is 0. The Bertz CT molecular complexity index is 639. The molecule has 21 heavy (non-hydrogen) atoms. The highest BCUT2D eigenvalue weighted by atomic mass is 32.1. The van der Waals surface area contributed by atoms with Gasteiger partial charge in [-0.15, -0.1) is 11.3 Å². The maximum absolute atomic E-state index is 9.28. The fourth-order valence-corrected chi connectivity index (χ4v) is 3.60. The normalized spacial score (nSPS) is 17.8. The third kappa shape index (κ3) is 2.85. The van der Waals surface area contributed by atoms with Crippen molar-refractivity contribution in [1.29, 1.82) is 5.26 Å². The maximum atomic E-state index is 9.28. The smallest absolute Gasteiger partial charge is 0.140 e. The van der Waals surface area contributed by atoms with Gasteiger partial charge < -0.3 is 4.90 Å². The number of nitrogens with zero attached hydrogens (tertiary/aromatic N) is 5. The number of rotatable bonds is 4. The van der Waals surface area contributed by atoms with E-state index < -0.39 is 0 Å². The van der Waals surface area contributed by atoms with Gasteiger partial charge in [-0.05, 0) is 17.9 Å². The molecule has 2 aromatic rings. The lowest BCUT2D eigenvalue weighted by atomic mass is 10.1. The van der Waals surface area contributed by atoms with Crippen molar-refractivity contribution in [1.82, 2.24) is 14.9 Å². The van der Waals surface area contributed by atoms with Gasteiger partial charge in [0.05, 0.1) is 17.5 Å². The van der Waals surface area contributed by atoms with Crippen LogP contribution in [0.4, 0.5) is 5.82 Å². The highest BCUT2D eigenvalue weighted by Gasteiger charge is 2.24. The van der Waals surface area contributed by atoms with Crippen molar-refractivity contribution in [2.45, 2.75) is 25.8 Å². The molecule has 110 valence electrons. The number of nitriles is 1. The first kappa shape index (κ1) is 14.2. The molecule has 1 aliphatic rings. The van der Waals surface area contributed by atoms with Crippen LogP contribution >= 0.6 is 11.3 Å². The zero-order valence-corrected chi connectivity index (χ0v) is 13.0. The molecule has 1 saturated heterocycles. The van der Waals surface area contributed by atoms with E-state index >= 15 is 0 Å². The lowest BCUT2D eigenvalue weighted by Gasteiger charge is -2.37. The van der Waals surface area contributed by atoms with E-state index in [9.17, 15) is 5.26 Å². The Morgan fingerprint density at radius 1 is 1.33 bits per heavy atom. The van der Waals surface area contributed by atoms with Gasteiger partial charge in [0.1, 0.15) is 17.0 Å². The van der Waals surface area contributed by atoms with Gasteiger partial charge in [-0.3, -0.25) is 4.90 Å². The Labute approximate surface area is 128 Å². The molecule has 1 fully saturated rings. The topological polar surface area (TPSA) is 56.1 Å². The van der Waals surface area contributed by atoms with Crippen LogP contribution in [0.5, 0.6) is 0 Å². The fourth-order valence-electron chi connectivity index (χ4n) is 2.88. The third-order valence-corrected chi connectivity index (χ3v) is 4.83. The Hall–Kier alpha value is -1.71. The summed E-state index contributed by atoms with van der Waals surface area (Å²) in [5.41, 5.74) is 0. The van der Waals surface area contributed by atoms with E-state index in [0.29, 0.717) is 0 Å². The summed E-state index contributed by atoms with van der Waals surface area (Å²) in [6.45, 7) is 5.82. The van der Waals surface area contributed by atoms with Gasteiger partial charge in [0.25, 0.3) is 0 Å². The van der Waals surface area contributed by atoms with Crippen LogP contribution < -0.4 is 4.90 Å². The zero-order chi connectivity index (χ0) is 14.7. The van der Waals surface area contributed by atoms with Crippen LogP contribution in [0.2, 0.25) is 0 Å². The third-order valence-electron chi connectivity index (χ3n) is 4.01. The van der Waals surface area contributed by atoms with E-state index in [4.69, 9.17) is 0 Å². The summed E-state index contributed by atoms with van der Waals surface area (Å²) in [6.07, 6.45) is 3.66. The van der Waals surface area contributed by atoms with Crippen LogP contribution in [0.25, 0.3) is 10.2 Å². The summed E-state index contributed by atoms with van der Waals surface area (Å²) < 4.78 is 0. The van der Waals surface area contributed by atoms with Crippen molar-refractivity contribution in [3.8, 4) is 6.07 Å². The van der Waals surface area contributed by atoms with Gasteiger partial charge in [-0.1, -0.05) is 13.3 Å². The molecule has 0 spiro atoms. The van der Waals surface area contributed by atoms with Crippen LogP contribution in [-0.4, -0.2) is 47.1 Å². The molecule has 0 amide bonds. The second-order valence-corrected chi connectivity index (χ2v) is 6.19. The minimum absolute atomic E-state index is 0.0590. The molecule has 0 aliphatic carbocycles. The van der Waals surface area contributed by atoms with E-state index in [0.717, 1.165) is 55.1 Å². The highest BCUT2D eigenvalue weighted by molar-refractivity contribution is 7.16. The van der Waals surface area contributed by atoms with Crippen LogP contribution in [0.1, 0.15) is 19.8 Å². The van der Waals surface area contributed by atoms with Crippen molar-refractivity contribution in [2.24, 2.45) is 0 Å². The van der Waals surface area contributed by atoms with Gasteiger partial charge in [0, 0.05) is 26.2 Å². The number of hydrogen-bond acceptors (Lipinski definition) is 6. The average molecular weight is 301 g/mol. The summed E-state index contributed by atoms with van der Waals surface area (Å²) in [4.78, 5) is 14.4. The molecule has 3 rings (SSSR count). The molecule has 1 unspecified atom stereocenters. The first-order valence-corrected chi connectivity index (χ1v) is 8.28. The Balaban J connectivity index is 1.71. The van der Waals surface area contributed by atoms with Crippen LogP contribution in [0.3, 0.4) is 0 Å². The quantitative estimate of drug-likeness (QED) is 0.868. The molecular formula is C15H19N5S. The van der Waals surface area contributed by atoms with Crippen molar-refractivity contribution >= 4 is 27.4 Å². The van der Waals surface area contributed by atoms with Crippen LogP contribution in [0, 0.1) is 11.3 Å². The predicted octanol–water partition coefficient (Wildman–Crippen LogP) is 2.51. The van der Waals surface area contributed by atoms with Gasteiger partial charge in [0.15, 0.2) is 0 Å². The molecule has 6 heteroatoms. The number of thiophene rings is 1. The summed E-state index contributed by atoms with van der Waals surface area (Å²) in [6, 6.07) is 4.59. The molecule has 2 aromatic heterocycles. The lowest BCUT2D eigenvalue weighted by Crippen LogP contribution is -2.50. The minimum atomic E-state index is 0.0590. The molecule has 1 aliphatic heterocycles. The summed E-state index contributed by atoms with van der Waals surface area (Å²) in [5, 5.41) is 12.5. The number of fused-ring (bicyclic) bond motifs is 1. The fraction of sp³-hybridized carbons (Fsp3) is 0.533. The Morgan fingerprint density at radius 2 is 2.14 bits per heavy atom. The van der Waals surface area contributed by atoms with E-state index in [-0.39, 0.29) is 6.04 Å². The number of aromatic nitrogens is 2. The lowest BCUT2D eigenvalue weighted by molar-refractivity contribution is 0.211. The van der Waals surface area contributed by atoms with Gasteiger partial charge in [-0.2, -0.15) is 5.26 Å². The van der Waals surface area contributed by atoms with Crippen molar-refractivity contribution in [3.05, 3.63) is 17.8 Å². The van der Waals surface area contributed by atoms with E-state index in [2.05, 4.69) is 44.2 Å². The maximum Gasteiger partial charge on any atom is 0.140 e. The molecule has 5 nitrogen and oxygen atoms in total. The Kier molecular flexibility index (Phi) is 4.32. The van der Waals surface area contributed by atoms with Gasteiger partial charge >= 0.3 is 0 Å². The largest absolute Gasteiger partial charge is 0.353 e. The molecule has 3 heterocycles. The predicted molar refractivity (Wildman–Crippen MR) is 85.5 cm³/mol. The molecule has 1 atom stereocenters. The molecule has 0 N–H and O–H groups in total.